The van der Waals surface area contributed by atoms with E-state index in [9.17, 15) is 4.79 Å². The summed E-state index contributed by atoms with van der Waals surface area (Å²) in [4.78, 5) is 18.8. The summed E-state index contributed by atoms with van der Waals surface area (Å²) >= 11 is 0. The fourth-order valence-electron chi connectivity index (χ4n) is 2.70. The van der Waals surface area contributed by atoms with Gasteiger partial charge in [0, 0.05) is 38.1 Å². The lowest BCUT2D eigenvalue weighted by atomic mass is 10.0. The molecule has 1 atom stereocenters. The van der Waals surface area contributed by atoms with E-state index < -0.39 is 0 Å². The number of likely N-dealkylation sites (N-methyl/N-ethyl adjacent to an activating group) is 1. The third kappa shape index (κ3) is 4.01. The van der Waals surface area contributed by atoms with Gasteiger partial charge in [-0.25, -0.2) is 0 Å². The second-order valence-corrected chi connectivity index (χ2v) is 5.80. The molecule has 0 aliphatic rings. The van der Waals surface area contributed by atoms with Crippen LogP contribution in [0.1, 0.15) is 22.9 Å². The molecule has 0 saturated heterocycles. The van der Waals surface area contributed by atoms with Crippen molar-refractivity contribution in [1.29, 1.82) is 0 Å². The summed E-state index contributed by atoms with van der Waals surface area (Å²) in [6, 6.07) is 15.4. The van der Waals surface area contributed by atoms with Gasteiger partial charge in [0.1, 0.15) is 0 Å². The van der Waals surface area contributed by atoms with Crippen LogP contribution in [-0.4, -0.2) is 32.6 Å². The van der Waals surface area contributed by atoms with Gasteiger partial charge in [0.05, 0.1) is 17.9 Å². The van der Waals surface area contributed by atoms with E-state index in [0.717, 1.165) is 16.8 Å². The fourth-order valence-corrected chi connectivity index (χ4v) is 2.70. The lowest BCUT2D eigenvalue weighted by molar-refractivity contribution is -0.126. The maximum absolute atomic E-state index is 12.7. The molecule has 3 rings (SSSR count). The summed E-state index contributed by atoms with van der Waals surface area (Å²) < 4.78 is 1.70. The summed E-state index contributed by atoms with van der Waals surface area (Å²) in [5.41, 5.74) is 2.74. The number of aryl methyl sites for hydroxylation is 1. The Labute approximate surface area is 147 Å². The molecule has 0 bridgehead atoms. The fraction of sp³-hybridized carbons (Fsp3) is 0.150. The van der Waals surface area contributed by atoms with Crippen molar-refractivity contribution in [2.24, 2.45) is 7.05 Å². The average molecular weight is 332 g/mol. The van der Waals surface area contributed by atoms with E-state index in [1.54, 1.807) is 41.2 Å². The first kappa shape index (κ1) is 16.6. The van der Waals surface area contributed by atoms with Crippen LogP contribution in [0.25, 0.3) is 6.08 Å². The van der Waals surface area contributed by atoms with Crippen molar-refractivity contribution in [3.8, 4) is 0 Å². The molecule has 0 aliphatic heterocycles. The molecule has 1 aromatic carbocycles. The van der Waals surface area contributed by atoms with Crippen LogP contribution in [0.3, 0.4) is 0 Å². The van der Waals surface area contributed by atoms with E-state index in [2.05, 4.69) is 10.1 Å². The van der Waals surface area contributed by atoms with Crippen LogP contribution in [0.4, 0.5) is 0 Å². The SMILES string of the molecule is CN(C(=O)/C=C/c1cnn(C)c1)C(c1ccccc1)c1ccccn1. The molecule has 5 nitrogen and oxygen atoms in total. The van der Waals surface area contributed by atoms with E-state index in [0.29, 0.717) is 0 Å². The zero-order valence-corrected chi connectivity index (χ0v) is 14.3. The van der Waals surface area contributed by atoms with Gasteiger partial charge >= 0.3 is 0 Å². The Morgan fingerprint density at radius 3 is 2.56 bits per heavy atom. The van der Waals surface area contributed by atoms with E-state index in [-0.39, 0.29) is 11.9 Å². The van der Waals surface area contributed by atoms with Crippen molar-refractivity contribution in [3.63, 3.8) is 0 Å². The number of benzene rings is 1. The predicted octanol–water partition coefficient (Wildman–Crippen LogP) is 3.08. The standard InChI is InChI=1S/C20H20N4O/c1-23-15-16(14-22-23)11-12-19(25)24(2)20(17-8-4-3-5-9-17)18-10-6-7-13-21-18/h3-15,20H,1-2H3/b12-11+. The molecule has 3 aromatic rings. The van der Waals surface area contributed by atoms with Gasteiger partial charge in [0.25, 0.3) is 0 Å². The number of amides is 1. The van der Waals surface area contributed by atoms with Crippen LogP contribution in [0.5, 0.6) is 0 Å². The highest BCUT2D eigenvalue weighted by Gasteiger charge is 2.23. The third-order valence-corrected chi connectivity index (χ3v) is 3.96. The molecule has 2 aromatic heterocycles. The number of nitrogens with zero attached hydrogens (tertiary/aromatic N) is 4. The quantitative estimate of drug-likeness (QED) is 0.675. The zero-order valence-electron chi connectivity index (χ0n) is 14.3. The smallest absolute Gasteiger partial charge is 0.247 e. The second kappa shape index (κ2) is 7.57. The molecule has 0 N–H and O–H groups in total. The summed E-state index contributed by atoms with van der Waals surface area (Å²) in [5, 5.41) is 4.10. The molecular formula is C20H20N4O. The van der Waals surface area contributed by atoms with Gasteiger partial charge < -0.3 is 4.90 Å². The number of carbonyl (C=O) groups excluding carboxylic acids is 1. The van der Waals surface area contributed by atoms with Gasteiger partial charge in [-0.15, -0.1) is 0 Å². The Balaban J connectivity index is 1.87. The van der Waals surface area contributed by atoms with Gasteiger partial charge in [-0.1, -0.05) is 36.4 Å². The Bertz CT molecular complexity index is 816. The first-order valence-electron chi connectivity index (χ1n) is 8.04. The molecule has 126 valence electrons. The van der Waals surface area contributed by atoms with Crippen molar-refractivity contribution in [2.75, 3.05) is 7.05 Å². The van der Waals surface area contributed by atoms with Crippen LogP contribution < -0.4 is 0 Å². The van der Waals surface area contributed by atoms with Gasteiger partial charge in [-0.05, 0) is 23.8 Å². The minimum Gasteiger partial charge on any atom is -0.329 e. The lowest BCUT2D eigenvalue weighted by Gasteiger charge is -2.27. The van der Waals surface area contributed by atoms with E-state index in [1.165, 1.54) is 0 Å². The number of aromatic nitrogens is 3. The molecule has 1 unspecified atom stereocenters. The first-order valence-corrected chi connectivity index (χ1v) is 8.04. The predicted molar refractivity (Wildman–Crippen MR) is 97.5 cm³/mol. The molecule has 25 heavy (non-hydrogen) atoms. The normalized spacial score (nSPS) is 12.2. The van der Waals surface area contributed by atoms with Crippen LogP contribution >= 0.6 is 0 Å². The Hall–Kier alpha value is -3.21. The van der Waals surface area contributed by atoms with Crippen molar-refractivity contribution >= 4 is 12.0 Å². The van der Waals surface area contributed by atoms with Crippen molar-refractivity contribution in [2.45, 2.75) is 6.04 Å². The summed E-state index contributed by atoms with van der Waals surface area (Å²) in [5.74, 6) is -0.0941. The van der Waals surface area contributed by atoms with E-state index in [4.69, 9.17) is 0 Å². The molecular weight excluding hydrogens is 312 g/mol. The summed E-state index contributed by atoms with van der Waals surface area (Å²) in [6.07, 6.45) is 8.66. The second-order valence-electron chi connectivity index (χ2n) is 5.80. The minimum atomic E-state index is -0.242. The molecule has 0 aliphatic carbocycles. The number of hydrogen-bond acceptors (Lipinski definition) is 3. The molecule has 5 heteroatoms. The summed E-state index contributed by atoms with van der Waals surface area (Å²) in [7, 11) is 3.64. The highest BCUT2D eigenvalue weighted by Crippen LogP contribution is 2.26. The molecule has 0 spiro atoms. The number of rotatable bonds is 5. The third-order valence-electron chi connectivity index (χ3n) is 3.96. The Kier molecular flexibility index (Phi) is 5.04. The van der Waals surface area contributed by atoms with Gasteiger partial charge in [-0.3, -0.25) is 14.5 Å². The van der Waals surface area contributed by atoms with Gasteiger partial charge in [0.2, 0.25) is 5.91 Å². The van der Waals surface area contributed by atoms with Gasteiger partial charge in [0.15, 0.2) is 0 Å². The Morgan fingerprint density at radius 2 is 1.92 bits per heavy atom. The van der Waals surface area contributed by atoms with Crippen molar-refractivity contribution < 1.29 is 4.79 Å². The van der Waals surface area contributed by atoms with Crippen LogP contribution in [0.15, 0.2) is 73.2 Å². The van der Waals surface area contributed by atoms with Gasteiger partial charge in [-0.2, -0.15) is 5.10 Å². The van der Waals surface area contributed by atoms with Crippen LogP contribution in [0, 0.1) is 0 Å². The maximum Gasteiger partial charge on any atom is 0.247 e. The molecule has 1 amide bonds. The minimum absolute atomic E-state index is 0.0941. The number of carbonyl (C=O) groups is 1. The highest BCUT2D eigenvalue weighted by molar-refractivity contribution is 5.92. The summed E-state index contributed by atoms with van der Waals surface area (Å²) in [6.45, 7) is 0. The van der Waals surface area contributed by atoms with Crippen LogP contribution in [0.2, 0.25) is 0 Å². The first-order chi connectivity index (χ1) is 12.1. The topological polar surface area (TPSA) is 51.0 Å². The van der Waals surface area contributed by atoms with Crippen molar-refractivity contribution in [1.82, 2.24) is 19.7 Å². The maximum atomic E-state index is 12.7. The van der Waals surface area contributed by atoms with Crippen LogP contribution in [-0.2, 0) is 11.8 Å². The zero-order chi connectivity index (χ0) is 17.6. The van der Waals surface area contributed by atoms with E-state index >= 15 is 0 Å². The van der Waals surface area contributed by atoms with E-state index in [1.807, 2.05) is 61.8 Å². The monoisotopic (exact) mass is 332 g/mol. The lowest BCUT2D eigenvalue weighted by Crippen LogP contribution is -2.31. The Morgan fingerprint density at radius 1 is 1.16 bits per heavy atom. The number of pyridine rings is 1. The van der Waals surface area contributed by atoms with Crippen molar-refractivity contribution in [3.05, 3.63) is 90.0 Å². The molecule has 0 radical (unpaired) electrons. The largest absolute Gasteiger partial charge is 0.329 e. The molecule has 2 heterocycles. The average Bonchev–Trinajstić information content (AvgIpc) is 3.07. The number of hydrogen-bond donors (Lipinski definition) is 0. The molecule has 0 fully saturated rings. The highest BCUT2D eigenvalue weighted by atomic mass is 16.2. The molecule has 0 saturated carbocycles.